The van der Waals surface area contributed by atoms with Gasteiger partial charge in [-0.05, 0) is 26.4 Å². The predicted molar refractivity (Wildman–Crippen MR) is 69.0 cm³/mol. The summed E-state index contributed by atoms with van der Waals surface area (Å²) in [6.07, 6.45) is 1.85. The Labute approximate surface area is 104 Å². The molecule has 0 bridgehead atoms. The lowest BCUT2D eigenvalue weighted by Gasteiger charge is -2.31. The van der Waals surface area contributed by atoms with Crippen molar-refractivity contribution >= 4 is 9.84 Å². The van der Waals surface area contributed by atoms with Gasteiger partial charge in [-0.15, -0.1) is 0 Å². The molecular formula is C11H23N3O2S. The van der Waals surface area contributed by atoms with E-state index < -0.39 is 9.84 Å². The summed E-state index contributed by atoms with van der Waals surface area (Å²) in [5.41, 5.74) is 0. The van der Waals surface area contributed by atoms with Gasteiger partial charge in [0, 0.05) is 31.7 Å². The average molecular weight is 261 g/mol. The fraction of sp³-hybridized carbons (Fsp3) is 1.00. The molecule has 2 aliphatic rings. The number of sulfone groups is 1. The van der Waals surface area contributed by atoms with Gasteiger partial charge in [0.2, 0.25) is 0 Å². The van der Waals surface area contributed by atoms with E-state index in [4.69, 9.17) is 0 Å². The molecule has 0 radical (unpaired) electrons. The summed E-state index contributed by atoms with van der Waals surface area (Å²) in [5.74, 6) is 0.681. The first-order chi connectivity index (χ1) is 8.05. The van der Waals surface area contributed by atoms with Crippen LogP contribution in [0.3, 0.4) is 0 Å². The maximum absolute atomic E-state index is 11.3. The van der Waals surface area contributed by atoms with Gasteiger partial charge in [0.15, 0.2) is 9.84 Å². The summed E-state index contributed by atoms with van der Waals surface area (Å²) in [6.45, 7) is 4.17. The molecule has 2 fully saturated rings. The van der Waals surface area contributed by atoms with E-state index in [-0.39, 0.29) is 6.04 Å². The Morgan fingerprint density at radius 2 is 2.29 bits per heavy atom. The highest BCUT2D eigenvalue weighted by Gasteiger charge is 2.27. The normalized spacial score (nSPS) is 33.9. The lowest BCUT2D eigenvalue weighted by molar-refractivity contribution is 0.230. The Hall–Kier alpha value is -0.170. The predicted octanol–water partition coefficient (Wildman–Crippen LogP) is -0.943. The van der Waals surface area contributed by atoms with Crippen molar-refractivity contribution < 1.29 is 8.42 Å². The van der Waals surface area contributed by atoms with E-state index in [9.17, 15) is 8.42 Å². The molecule has 0 amide bonds. The van der Waals surface area contributed by atoms with Crippen molar-refractivity contribution in [3.05, 3.63) is 0 Å². The zero-order chi connectivity index (χ0) is 12.3. The van der Waals surface area contributed by atoms with Crippen molar-refractivity contribution in [2.24, 2.45) is 0 Å². The van der Waals surface area contributed by atoms with Crippen molar-refractivity contribution in [3.8, 4) is 0 Å². The molecule has 2 heterocycles. The van der Waals surface area contributed by atoms with Crippen LogP contribution < -0.4 is 10.6 Å². The molecule has 2 unspecified atom stereocenters. The molecule has 5 nitrogen and oxygen atoms in total. The van der Waals surface area contributed by atoms with E-state index in [2.05, 4.69) is 22.6 Å². The Morgan fingerprint density at radius 3 is 2.94 bits per heavy atom. The molecule has 0 spiro atoms. The summed E-state index contributed by atoms with van der Waals surface area (Å²) in [7, 11) is -0.602. The molecule has 0 aromatic rings. The van der Waals surface area contributed by atoms with Gasteiger partial charge in [-0.25, -0.2) is 8.42 Å². The maximum Gasteiger partial charge on any atom is 0.151 e. The fourth-order valence-corrected chi connectivity index (χ4v) is 4.31. The van der Waals surface area contributed by atoms with Crippen molar-refractivity contribution in [1.82, 2.24) is 15.5 Å². The molecule has 0 aromatic carbocycles. The highest BCUT2D eigenvalue weighted by Crippen LogP contribution is 2.11. The van der Waals surface area contributed by atoms with E-state index in [0.29, 0.717) is 17.5 Å². The molecule has 17 heavy (non-hydrogen) atoms. The van der Waals surface area contributed by atoms with Crippen molar-refractivity contribution in [2.45, 2.75) is 24.9 Å². The summed E-state index contributed by atoms with van der Waals surface area (Å²) < 4.78 is 22.6. The number of hydrogen-bond donors (Lipinski definition) is 2. The van der Waals surface area contributed by atoms with E-state index >= 15 is 0 Å². The molecule has 0 aliphatic carbocycles. The summed E-state index contributed by atoms with van der Waals surface area (Å²) in [6, 6.07) is 0.723. The van der Waals surface area contributed by atoms with Crippen LogP contribution in [0.1, 0.15) is 12.8 Å². The Morgan fingerprint density at radius 1 is 1.47 bits per heavy atom. The van der Waals surface area contributed by atoms with Crippen LogP contribution in [-0.2, 0) is 9.84 Å². The number of hydrogen-bond acceptors (Lipinski definition) is 5. The Balaban J connectivity index is 1.63. The largest absolute Gasteiger partial charge is 0.313 e. The average Bonchev–Trinajstić information content (AvgIpc) is 2.58. The van der Waals surface area contributed by atoms with Crippen LogP contribution in [0, 0.1) is 0 Å². The quantitative estimate of drug-likeness (QED) is 0.684. The van der Waals surface area contributed by atoms with Gasteiger partial charge in [0.05, 0.1) is 11.5 Å². The van der Waals surface area contributed by atoms with Gasteiger partial charge in [0.25, 0.3) is 0 Å². The van der Waals surface area contributed by atoms with Crippen LogP contribution in [0.5, 0.6) is 0 Å². The topological polar surface area (TPSA) is 61.4 Å². The van der Waals surface area contributed by atoms with Crippen molar-refractivity contribution in [1.29, 1.82) is 0 Å². The van der Waals surface area contributed by atoms with Crippen LogP contribution in [0.15, 0.2) is 0 Å². The Kier molecular flexibility index (Phi) is 4.41. The number of nitrogens with zero attached hydrogens (tertiary/aromatic N) is 1. The molecule has 0 saturated carbocycles. The molecule has 2 saturated heterocycles. The minimum absolute atomic E-state index is 0.182. The van der Waals surface area contributed by atoms with Gasteiger partial charge in [-0.2, -0.15) is 0 Å². The van der Waals surface area contributed by atoms with Crippen LogP contribution in [0.4, 0.5) is 0 Å². The molecule has 2 rings (SSSR count). The van der Waals surface area contributed by atoms with Crippen LogP contribution in [-0.4, -0.2) is 70.1 Å². The third kappa shape index (κ3) is 4.21. The number of piperazine rings is 1. The molecule has 2 atom stereocenters. The van der Waals surface area contributed by atoms with Crippen molar-refractivity contribution in [2.75, 3.05) is 44.7 Å². The third-order valence-electron chi connectivity index (χ3n) is 3.62. The van der Waals surface area contributed by atoms with Crippen LogP contribution in [0.2, 0.25) is 0 Å². The van der Waals surface area contributed by atoms with Crippen LogP contribution >= 0.6 is 0 Å². The molecule has 6 heteroatoms. The lowest BCUT2D eigenvalue weighted by atomic mass is 10.1. The molecular weight excluding hydrogens is 238 g/mol. The second kappa shape index (κ2) is 5.65. The SMILES string of the molecule is CN1CCNC(CCNC2CCS(=O)(=O)C2)C1. The third-order valence-corrected chi connectivity index (χ3v) is 5.38. The van der Waals surface area contributed by atoms with E-state index in [1.807, 2.05) is 0 Å². The molecule has 0 aromatic heterocycles. The molecule has 100 valence electrons. The van der Waals surface area contributed by atoms with Crippen LogP contribution in [0.25, 0.3) is 0 Å². The summed E-state index contributed by atoms with van der Waals surface area (Å²) in [5, 5.41) is 6.85. The second-order valence-electron chi connectivity index (χ2n) is 5.26. The first kappa shape index (κ1) is 13.3. The highest BCUT2D eigenvalue weighted by molar-refractivity contribution is 7.91. The molecule has 2 N–H and O–H groups in total. The number of likely N-dealkylation sites (N-methyl/N-ethyl adjacent to an activating group) is 1. The zero-order valence-electron chi connectivity index (χ0n) is 10.5. The highest BCUT2D eigenvalue weighted by atomic mass is 32.2. The standard InChI is InChI=1S/C11H23N3O2S/c1-14-6-5-13-10(8-14)2-4-12-11-3-7-17(15,16)9-11/h10-13H,2-9H2,1H3. The number of nitrogens with one attached hydrogen (secondary N) is 2. The monoisotopic (exact) mass is 261 g/mol. The minimum Gasteiger partial charge on any atom is -0.313 e. The maximum atomic E-state index is 11.3. The number of rotatable bonds is 4. The van der Waals surface area contributed by atoms with E-state index in [1.165, 1.54) is 0 Å². The van der Waals surface area contributed by atoms with E-state index in [0.717, 1.165) is 39.0 Å². The first-order valence-electron chi connectivity index (χ1n) is 6.41. The van der Waals surface area contributed by atoms with Gasteiger partial charge in [0.1, 0.15) is 0 Å². The Bertz CT molecular complexity index is 345. The van der Waals surface area contributed by atoms with Crippen molar-refractivity contribution in [3.63, 3.8) is 0 Å². The lowest BCUT2D eigenvalue weighted by Crippen LogP contribution is -2.50. The van der Waals surface area contributed by atoms with Gasteiger partial charge in [-0.3, -0.25) is 0 Å². The smallest absolute Gasteiger partial charge is 0.151 e. The summed E-state index contributed by atoms with van der Waals surface area (Å²) >= 11 is 0. The zero-order valence-corrected chi connectivity index (χ0v) is 11.3. The van der Waals surface area contributed by atoms with Gasteiger partial charge in [-0.1, -0.05) is 0 Å². The summed E-state index contributed by atoms with van der Waals surface area (Å²) in [4.78, 5) is 2.33. The fourth-order valence-electron chi connectivity index (χ4n) is 2.60. The van der Waals surface area contributed by atoms with Gasteiger partial charge >= 0.3 is 0 Å². The van der Waals surface area contributed by atoms with E-state index in [1.54, 1.807) is 0 Å². The first-order valence-corrected chi connectivity index (χ1v) is 8.23. The van der Waals surface area contributed by atoms with Gasteiger partial charge < -0.3 is 15.5 Å². The minimum atomic E-state index is -2.75. The molecule has 2 aliphatic heterocycles. The second-order valence-corrected chi connectivity index (χ2v) is 7.48.